The van der Waals surface area contributed by atoms with Crippen molar-refractivity contribution in [3.05, 3.63) is 22.6 Å². The first kappa shape index (κ1) is 12.3. The molecule has 0 fully saturated rings. The summed E-state index contributed by atoms with van der Waals surface area (Å²) >= 11 is 1.49. The first-order valence-electron chi connectivity index (χ1n) is 5.07. The Bertz CT molecular complexity index is 353. The summed E-state index contributed by atoms with van der Waals surface area (Å²) in [6.45, 7) is 4.25. The number of hydrogen-bond donors (Lipinski definition) is 2. The summed E-state index contributed by atoms with van der Waals surface area (Å²) in [7, 11) is 0. The highest BCUT2D eigenvalue weighted by Crippen LogP contribution is 2.15. The third-order valence-corrected chi connectivity index (χ3v) is 3.47. The summed E-state index contributed by atoms with van der Waals surface area (Å²) < 4.78 is 0. The lowest BCUT2D eigenvalue weighted by molar-refractivity contribution is 0.475. The number of thioether (sulfide) groups is 1. The van der Waals surface area contributed by atoms with Crippen LogP contribution in [0.25, 0.3) is 0 Å². The van der Waals surface area contributed by atoms with Crippen LogP contribution >= 0.6 is 11.8 Å². The summed E-state index contributed by atoms with van der Waals surface area (Å²) in [5.41, 5.74) is 5.85. The van der Waals surface area contributed by atoms with Gasteiger partial charge in [-0.15, -0.1) is 0 Å². The minimum absolute atomic E-state index is 0.121. The number of nitrogens with zero attached hydrogens (tertiary/aromatic N) is 1. The molecule has 3 N–H and O–H groups in total. The van der Waals surface area contributed by atoms with Crippen molar-refractivity contribution in [2.75, 3.05) is 5.75 Å². The van der Waals surface area contributed by atoms with Crippen LogP contribution in [0.1, 0.15) is 20.3 Å². The predicted octanol–water partition coefficient (Wildman–Crippen LogP) is 1.24. The van der Waals surface area contributed by atoms with Gasteiger partial charge in [0.25, 0.3) is 5.56 Å². The smallest absolute Gasteiger partial charge is 0.251 e. The molecule has 4 nitrogen and oxygen atoms in total. The van der Waals surface area contributed by atoms with Gasteiger partial charge >= 0.3 is 0 Å². The average Bonchev–Trinajstić information content (AvgIpc) is 2.25. The number of rotatable bonds is 5. The lowest BCUT2D eigenvalue weighted by Crippen LogP contribution is -2.30. The van der Waals surface area contributed by atoms with E-state index < -0.39 is 0 Å². The molecule has 0 bridgehead atoms. The number of aromatic nitrogens is 2. The maximum atomic E-state index is 11.0. The Kier molecular flexibility index (Phi) is 4.84. The van der Waals surface area contributed by atoms with E-state index in [-0.39, 0.29) is 11.6 Å². The molecule has 0 radical (unpaired) electrons. The normalized spacial score (nSPS) is 14.9. The second-order valence-corrected chi connectivity index (χ2v) is 4.61. The van der Waals surface area contributed by atoms with Crippen molar-refractivity contribution in [1.29, 1.82) is 0 Å². The van der Waals surface area contributed by atoms with Crippen LogP contribution in [0, 0.1) is 5.92 Å². The highest BCUT2D eigenvalue weighted by atomic mass is 32.2. The molecule has 2 unspecified atom stereocenters. The second-order valence-electron chi connectivity index (χ2n) is 3.60. The number of aromatic amines is 1. The number of nitrogens with one attached hydrogen (secondary N) is 1. The van der Waals surface area contributed by atoms with E-state index in [1.807, 2.05) is 0 Å². The zero-order valence-electron chi connectivity index (χ0n) is 9.06. The van der Waals surface area contributed by atoms with Gasteiger partial charge in [0.05, 0.1) is 0 Å². The van der Waals surface area contributed by atoms with Crippen LogP contribution in [-0.2, 0) is 0 Å². The molecule has 0 aromatic carbocycles. The minimum Gasteiger partial charge on any atom is -0.327 e. The minimum atomic E-state index is -0.121. The predicted molar refractivity (Wildman–Crippen MR) is 63.0 cm³/mol. The second kappa shape index (κ2) is 5.92. The van der Waals surface area contributed by atoms with Gasteiger partial charge in [0.2, 0.25) is 0 Å². The van der Waals surface area contributed by atoms with Gasteiger partial charge in [0.1, 0.15) is 0 Å². The van der Waals surface area contributed by atoms with E-state index in [1.165, 1.54) is 24.0 Å². The van der Waals surface area contributed by atoms with E-state index >= 15 is 0 Å². The third-order valence-electron chi connectivity index (χ3n) is 2.44. The molecule has 1 heterocycles. The Morgan fingerprint density at radius 1 is 1.67 bits per heavy atom. The van der Waals surface area contributed by atoms with E-state index in [2.05, 4.69) is 23.8 Å². The van der Waals surface area contributed by atoms with Gasteiger partial charge < -0.3 is 10.7 Å². The molecule has 5 heteroatoms. The van der Waals surface area contributed by atoms with Crippen molar-refractivity contribution < 1.29 is 0 Å². The molecule has 1 aromatic rings. The first-order chi connectivity index (χ1) is 7.13. The van der Waals surface area contributed by atoms with E-state index in [1.54, 1.807) is 0 Å². The van der Waals surface area contributed by atoms with Crippen molar-refractivity contribution >= 4 is 11.8 Å². The third kappa shape index (κ3) is 4.05. The Balaban J connectivity index is 2.47. The van der Waals surface area contributed by atoms with Gasteiger partial charge in [-0.05, 0) is 5.92 Å². The molecule has 2 atom stereocenters. The van der Waals surface area contributed by atoms with Crippen molar-refractivity contribution in [2.24, 2.45) is 11.7 Å². The molecule has 15 heavy (non-hydrogen) atoms. The highest BCUT2D eigenvalue weighted by Gasteiger charge is 2.11. The van der Waals surface area contributed by atoms with Crippen molar-refractivity contribution in [1.82, 2.24) is 9.97 Å². The Labute approximate surface area is 93.7 Å². The molecule has 84 valence electrons. The molecule has 1 aromatic heterocycles. The van der Waals surface area contributed by atoms with Crippen molar-refractivity contribution in [3.8, 4) is 0 Å². The fourth-order valence-electron chi connectivity index (χ4n) is 1.07. The van der Waals surface area contributed by atoms with Crippen LogP contribution in [0.3, 0.4) is 0 Å². The Morgan fingerprint density at radius 3 is 3.00 bits per heavy atom. The van der Waals surface area contributed by atoms with Gasteiger partial charge in [-0.2, -0.15) is 0 Å². The van der Waals surface area contributed by atoms with Crippen LogP contribution in [0.2, 0.25) is 0 Å². The van der Waals surface area contributed by atoms with Crippen LogP contribution in [-0.4, -0.2) is 21.8 Å². The van der Waals surface area contributed by atoms with Crippen molar-refractivity contribution in [2.45, 2.75) is 31.5 Å². The molecule has 0 saturated heterocycles. The van der Waals surface area contributed by atoms with E-state index in [0.29, 0.717) is 11.1 Å². The molecule has 0 aliphatic rings. The molecule has 0 aliphatic heterocycles. The zero-order chi connectivity index (χ0) is 11.3. The Hall–Kier alpha value is -0.810. The molecule has 0 spiro atoms. The molecular weight excluding hydrogens is 210 g/mol. The molecular formula is C10H17N3OS. The number of H-pyrrole nitrogens is 1. The maximum absolute atomic E-state index is 11.0. The molecule has 0 saturated carbocycles. The molecule has 1 rings (SSSR count). The number of hydrogen-bond acceptors (Lipinski definition) is 4. The topological polar surface area (TPSA) is 71.8 Å². The van der Waals surface area contributed by atoms with Crippen molar-refractivity contribution in [3.63, 3.8) is 0 Å². The van der Waals surface area contributed by atoms with Crippen LogP contribution in [0.5, 0.6) is 0 Å². The van der Waals surface area contributed by atoms with Crippen LogP contribution in [0.4, 0.5) is 0 Å². The van der Waals surface area contributed by atoms with E-state index in [4.69, 9.17) is 5.73 Å². The lowest BCUT2D eigenvalue weighted by Gasteiger charge is -2.16. The van der Waals surface area contributed by atoms with E-state index in [9.17, 15) is 4.79 Å². The fourth-order valence-corrected chi connectivity index (χ4v) is 2.05. The lowest BCUT2D eigenvalue weighted by atomic mass is 10.0. The average molecular weight is 227 g/mol. The van der Waals surface area contributed by atoms with Gasteiger partial charge in [0, 0.05) is 24.1 Å². The summed E-state index contributed by atoms with van der Waals surface area (Å²) in [6, 6.07) is 1.55. The SMILES string of the molecule is CCC(C)C(N)CSc1nccc(=O)[nH]1. The highest BCUT2D eigenvalue weighted by molar-refractivity contribution is 7.99. The zero-order valence-corrected chi connectivity index (χ0v) is 9.88. The van der Waals surface area contributed by atoms with Crippen LogP contribution in [0.15, 0.2) is 22.2 Å². The summed E-state index contributed by atoms with van der Waals surface area (Å²) in [5.74, 6) is 1.27. The maximum Gasteiger partial charge on any atom is 0.251 e. The fraction of sp³-hybridized carbons (Fsp3) is 0.600. The number of nitrogens with two attached hydrogens (primary N) is 1. The first-order valence-corrected chi connectivity index (χ1v) is 6.05. The van der Waals surface area contributed by atoms with Gasteiger partial charge in [-0.1, -0.05) is 32.0 Å². The molecule has 0 amide bonds. The largest absolute Gasteiger partial charge is 0.327 e. The van der Waals surface area contributed by atoms with Gasteiger partial charge in [-0.25, -0.2) is 4.98 Å². The quantitative estimate of drug-likeness (QED) is 0.586. The Morgan fingerprint density at radius 2 is 2.40 bits per heavy atom. The van der Waals surface area contributed by atoms with Crippen LogP contribution < -0.4 is 11.3 Å². The molecule has 0 aliphatic carbocycles. The summed E-state index contributed by atoms with van der Waals surface area (Å²) in [4.78, 5) is 17.7. The van der Waals surface area contributed by atoms with Gasteiger partial charge in [-0.3, -0.25) is 4.79 Å². The van der Waals surface area contributed by atoms with Gasteiger partial charge in [0.15, 0.2) is 5.16 Å². The summed E-state index contributed by atoms with van der Waals surface area (Å²) in [5, 5.41) is 0.640. The standard InChI is InChI=1S/C10H17N3OS/c1-3-7(2)8(11)6-15-10-12-5-4-9(14)13-10/h4-5,7-8H,3,6,11H2,1-2H3,(H,12,13,14). The van der Waals surface area contributed by atoms with E-state index in [0.717, 1.165) is 12.2 Å². The summed E-state index contributed by atoms with van der Waals surface area (Å²) in [6.07, 6.45) is 2.58. The monoisotopic (exact) mass is 227 g/mol.